The maximum Gasteiger partial charge on any atom is 0.229 e. The first kappa shape index (κ1) is 15.3. The molecule has 5 nitrogen and oxygen atoms in total. The van der Waals surface area contributed by atoms with Crippen molar-refractivity contribution in [3.8, 4) is 0 Å². The van der Waals surface area contributed by atoms with Crippen LogP contribution in [0.2, 0.25) is 0 Å². The molecule has 5 heteroatoms. The van der Waals surface area contributed by atoms with Gasteiger partial charge in [0.15, 0.2) is 0 Å². The first-order valence-electron chi connectivity index (χ1n) is 7.12. The molecule has 1 amide bonds. The van der Waals surface area contributed by atoms with Gasteiger partial charge in [0.2, 0.25) is 5.91 Å². The van der Waals surface area contributed by atoms with E-state index in [2.05, 4.69) is 22.7 Å². The Morgan fingerprint density at radius 1 is 1.29 bits per heavy atom. The lowest BCUT2D eigenvalue weighted by atomic mass is 10.1. The fourth-order valence-electron chi connectivity index (χ4n) is 2.17. The second-order valence-corrected chi connectivity index (χ2v) is 4.97. The Balaban J connectivity index is 2.06. The molecule has 0 unspecified atom stereocenters. The van der Waals surface area contributed by atoms with Crippen LogP contribution < -0.4 is 10.6 Å². The summed E-state index contributed by atoms with van der Waals surface area (Å²) < 4.78 is 5.08. The summed E-state index contributed by atoms with van der Waals surface area (Å²) >= 11 is 0. The van der Waals surface area contributed by atoms with Gasteiger partial charge in [-0.25, -0.2) is 0 Å². The van der Waals surface area contributed by atoms with Crippen LogP contribution >= 0.6 is 0 Å². The van der Waals surface area contributed by atoms with Crippen molar-refractivity contribution < 1.29 is 9.32 Å². The molecule has 112 valence electrons. The first-order chi connectivity index (χ1) is 10.1. The van der Waals surface area contributed by atoms with Crippen molar-refractivity contribution in [3.05, 3.63) is 46.8 Å². The minimum absolute atomic E-state index is 0.0617. The van der Waals surface area contributed by atoms with E-state index in [-0.39, 0.29) is 12.3 Å². The van der Waals surface area contributed by atoms with Crippen LogP contribution in [-0.2, 0) is 17.8 Å². The number of para-hydroxylation sites is 1. The van der Waals surface area contributed by atoms with Crippen molar-refractivity contribution in [2.45, 2.75) is 33.7 Å². The number of aromatic nitrogens is 1. The molecule has 1 aromatic heterocycles. The number of carbonyl (C=O) groups is 1. The van der Waals surface area contributed by atoms with Crippen molar-refractivity contribution in [1.82, 2.24) is 10.5 Å². The summed E-state index contributed by atoms with van der Waals surface area (Å²) in [5.74, 6) is 0.636. The van der Waals surface area contributed by atoms with E-state index in [1.807, 2.05) is 38.1 Å². The van der Waals surface area contributed by atoms with Crippen LogP contribution in [0.3, 0.4) is 0 Å². The standard InChI is InChI=1S/C16H21N3O2/c1-4-17-10-13-7-5-6-8-15(13)18-16(20)9-14-11(2)19-21-12(14)3/h5-8,17H,4,9-10H2,1-3H3,(H,18,20). The highest BCUT2D eigenvalue weighted by atomic mass is 16.5. The number of anilines is 1. The second kappa shape index (κ2) is 7.04. The average molecular weight is 287 g/mol. The Hall–Kier alpha value is -2.14. The van der Waals surface area contributed by atoms with Crippen LogP contribution in [0.15, 0.2) is 28.8 Å². The molecule has 0 aliphatic heterocycles. The minimum Gasteiger partial charge on any atom is -0.361 e. The van der Waals surface area contributed by atoms with Crippen LogP contribution in [-0.4, -0.2) is 17.6 Å². The number of rotatable bonds is 6. The largest absolute Gasteiger partial charge is 0.361 e. The van der Waals surface area contributed by atoms with Gasteiger partial charge in [-0.15, -0.1) is 0 Å². The van der Waals surface area contributed by atoms with Gasteiger partial charge in [0, 0.05) is 17.8 Å². The molecule has 0 aliphatic carbocycles. The van der Waals surface area contributed by atoms with Gasteiger partial charge in [-0.3, -0.25) is 4.79 Å². The Morgan fingerprint density at radius 2 is 2.05 bits per heavy atom. The number of nitrogens with zero attached hydrogens (tertiary/aromatic N) is 1. The number of aryl methyl sites for hydroxylation is 2. The predicted octanol–water partition coefficient (Wildman–Crippen LogP) is 2.58. The Morgan fingerprint density at radius 3 is 2.71 bits per heavy atom. The molecule has 0 saturated heterocycles. The molecule has 2 aromatic rings. The fourth-order valence-corrected chi connectivity index (χ4v) is 2.17. The molecule has 2 N–H and O–H groups in total. The molecule has 1 heterocycles. The second-order valence-electron chi connectivity index (χ2n) is 4.97. The Kier molecular flexibility index (Phi) is 5.11. The van der Waals surface area contributed by atoms with Crippen LogP contribution in [0.25, 0.3) is 0 Å². The third-order valence-corrected chi connectivity index (χ3v) is 3.38. The van der Waals surface area contributed by atoms with E-state index in [0.29, 0.717) is 5.76 Å². The van der Waals surface area contributed by atoms with Gasteiger partial charge in [0.1, 0.15) is 5.76 Å². The maximum absolute atomic E-state index is 12.2. The molecule has 0 saturated carbocycles. The average Bonchev–Trinajstić information content (AvgIpc) is 2.78. The summed E-state index contributed by atoms with van der Waals surface area (Å²) in [6, 6.07) is 7.81. The highest BCUT2D eigenvalue weighted by Crippen LogP contribution is 2.17. The Bertz CT molecular complexity index is 600. The SMILES string of the molecule is CCNCc1ccccc1NC(=O)Cc1c(C)noc1C. The van der Waals surface area contributed by atoms with Crippen LogP contribution in [0.1, 0.15) is 29.5 Å². The topological polar surface area (TPSA) is 67.2 Å². The summed E-state index contributed by atoms with van der Waals surface area (Å²) in [4.78, 5) is 12.2. The third kappa shape index (κ3) is 3.92. The van der Waals surface area contributed by atoms with E-state index in [0.717, 1.165) is 35.6 Å². The molecular formula is C16H21N3O2. The summed E-state index contributed by atoms with van der Waals surface area (Å²) in [5, 5.41) is 10.1. The molecule has 0 aliphatic rings. The van der Waals surface area contributed by atoms with Gasteiger partial charge < -0.3 is 15.2 Å². The van der Waals surface area contributed by atoms with Gasteiger partial charge >= 0.3 is 0 Å². The lowest BCUT2D eigenvalue weighted by Gasteiger charge is -2.11. The van der Waals surface area contributed by atoms with Crippen molar-refractivity contribution >= 4 is 11.6 Å². The molecular weight excluding hydrogens is 266 g/mol. The van der Waals surface area contributed by atoms with Gasteiger partial charge in [0.05, 0.1) is 12.1 Å². The molecule has 1 aromatic carbocycles. The fraction of sp³-hybridized carbons (Fsp3) is 0.375. The highest BCUT2D eigenvalue weighted by molar-refractivity contribution is 5.93. The molecule has 0 fully saturated rings. The molecule has 0 atom stereocenters. The molecule has 21 heavy (non-hydrogen) atoms. The zero-order valence-corrected chi connectivity index (χ0v) is 12.7. The van der Waals surface area contributed by atoms with Gasteiger partial charge in [-0.05, 0) is 32.0 Å². The smallest absolute Gasteiger partial charge is 0.229 e. The third-order valence-electron chi connectivity index (χ3n) is 3.38. The number of hydrogen-bond donors (Lipinski definition) is 2. The van der Waals surface area contributed by atoms with Gasteiger partial charge in [-0.1, -0.05) is 30.3 Å². The van der Waals surface area contributed by atoms with E-state index in [4.69, 9.17) is 4.52 Å². The summed E-state index contributed by atoms with van der Waals surface area (Å²) in [6.07, 6.45) is 0.275. The van der Waals surface area contributed by atoms with E-state index in [1.54, 1.807) is 0 Å². The molecule has 0 spiro atoms. The quantitative estimate of drug-likeness (QED) is 0.857. The minimum atomic E-state index is -0.0617. The van der Waals surface area contributed by atoms with E-state index in [9.17, 15) is 4.79 Å². The van der Waals surface area contributed by atoms with Gasteiger partial charge in [0.25, 0.3) is 0 Å². The number of benzene rings is 1. The van der Waals surface area contributed by atoms with Crippen molar-refractivity contribution in [2.75, 3.05) is 11.9 Å². The first-order valence-corrected chi connectivity index (χ1v) is 7.12. The summed E-state index contributed by atoms with van der Waals surface area (Å²) in [6.45, 7) is 7.35. The van der Waals surface area contributed by atoms with Crippen molar-refractivity contribution in [1.29, 1.82) is 0 Å². The summed E-state index contributed by atoms with van der Waals surface area (Å²) in [5.41, 5.74) is 3.54. The van der Waals surface area contributed by atoms with Crippen LogP contribution in [0, 0.1) is 13.8 Å². The number of nitrogens with one attached hydrogen (secondary N) is 2. The maximum atomic E-state index is 12.2. The van der Waals surface area contributed by atoms with Crippen molar-refractivity contribution in [2.24, 2.45) is 0 Å². The van der Waals surface area contributed by atoms with E-state index >= 15 is 0 Å². The van der Waals surface area contributed by atoms with Crippen molar-refractivity contribution in [3.63, 3.8) is 0 Å². The molecule has 0 bridgehead atoms. The van der Waals surface area contributed by atoms with Crippen LogP contribution in [0.5, 0.6) is 0 Å². The number of carbonyl (C=O) groups excluding carboxylic acids is 1. The summed E-state index contributed by atoms with van der Waals surface area (Å²) in [7, 11) is 0. The number of hydrogen-bond acceptors (Lipinski definition) is 4. The van der Waals surface area contributed by atoms with Crippen LogP contribution in [0.4, 0.5) is 5.69 Å². The van der Waals surface area contributed by atoms with Gasteiger partial charge in [-0.2, -0.15) is 0 Å². The highest BCUT2D eigenvalue weighted by Gasteiger charge is 2.14. The molecule has 2 rings (SSSR count). The van der Waals surface area contributed by atoms with E-state index in [1.165, 1.54) is 0 Å². The monoisotopic (exact) mass is 287 g/mol. The van der Waals surface area contributed by atoms with E-state index < -0.39 is 0 Å². The predicted molar refractivity (Wildman–Crippen MR) is 82.1 cm³/mol. The zero-order chi connectivity index (χ0) is 15.2. The Labute approximate surface area is 124 Å². The molecule has 0 radical (unpaired) electrons. The zero-order valence-electron chi connectivity index (χ0n) is 12.7. The normalized spacial score (nSPS) is 10.6. The lowest BCUT2D eigenvalue weighted by molar-refractivity contribution is -0.115. The number of amides is 1. The lowest BCUT2D eigenvalue weighted by Crippen LogP contribution is -2.18.